The van der Waals surface area contributed by atoms with Crippen LogP contribution in [0.25, 0.3) is 0 Å². The number of nitrogens with one attached hydrogen (secondary N) is 1. The van der Waals surface area contributed by atoms with Crippen molar-refractivity contribution in [3.05, 3.63) is 35.9 Å². The summed E-state index contributed by atoms with van der Waals surface area (Å²) in [6.07, 6.45) is 0.478. The van der Waals surface area contributed by atoms with Gasteiger partial charge in [-0.05, 0) is 18.9 Å². The van der Waals surface area contributed by atoms with E-state index in [1.807, 2.05) is 36.4 Å². The highest BCUT2D eigenvalue weighted by Gasteiger charge is 2.18. The fourth-order valence-electron chi connectivity index (χ4n) is 1.69. The van der Waals surface area contributed by atoms with E-state index in [4.69, 9.17) is 10.00 Å². The number of nitrogens with zero attached hydrogens (tertiary/aromatic N) is 1. The molecule has 5 heteroatoms. The van der Waals surface area contributed by atoms with E-state index in [2.05, 4.69) is 5.32 Å². The highest BCUT2D eigenvalue weighted by Crippen LogP contribution is 2.08. The number of hydrogen-bond acceptors (Lipinski definition) is 4. The smallest absolute Gasteiger partial charge is 0.307 e. The molecule has 0 aliphatic rings. The largest absolute Gasteiger partial charge is 0.466 e. The number of carbonyl (C=O) groups excluding carboxylic acids is 2. The standard InChI is InChI=1S/C15H18N2O3/c1-2-20-14(18)8-9-17-15(19)13(11-16)10-12-6-4-3-5-7-12/h3-7,13H,2,8-10H2,1H3,(H,17,19). The van der Waals surface area contributed by atoms with Crippen LogP contribution >= 0.6 is 0 Å². The van der Waals surface area contributed by atoms with E-state index < -0.39 is 5.92 Å². The number of rotatable bonds is 7. The van der Waals surface area contributed by atoms with Crippen molar-refractivity contribution in [2.24, 2.45) is 5.92 Å². The summed E-state index contributed by atoms with van der Waals surface area (Å²) in [5.41, 5.74) is 0.930. The van der Waals surface area contributed by atoms with Crippen molar-refractivity contribution in [3.63, 3.8) is 0 Å². The van der Waals surface area contributed by atoms with Gasteiger partial charge in [0.1, 0.15) is 5.92 Å². The van der Waals surface area contributed by atoms with Gasteiger partial charge in [0.25, 0.3) is 0 Å². The summed E-state index contributed by atoms with van der Waals surface area (Å²) >= 11 is 0. The van der Waals surface area contributed by atoms with E-state index in [9.17, 15) is 9.59 Å². The van der Waals surface area contributed by atoms with Gasteiger partial charge in [-0.3, -0.25) is 9.59 Å². The predicted molar refractivity (Wildman–Crippen MR) is 73.5 cm³/mol. The molecule has 1 N–H and O–H groups in total. The molecule has 1 atom stereocenters. The first-order chi connectivity index (χ1) is 9.67. The zero-order valence-electron chi connectivity index (χ0n) is 11.5. The lowest BCUT2D eigenvalue weighted by Crippen LogP contribution is -2.33. The minimum Gasteiger partial charge on any atom is -0.466 e. The molecule has 1 rings (SSSR count). The monoisotopic (exact) mass is 274 g/mol. The van der Waals surface area contributed by atoms with Crippen molar-refractivity contribution in [2.75, 3.05) is 13.2 Å². The minimum atomic E-state index is -0.750. The van der Waals surface area contributed by atoms with E-state index in [-0.39, 0.29) is 24.8 Å². The fraction of sp³-hybridized carbons (Fsp3) is 0.400. The molecule has 1 aromatic rings. The van der Waals surface area contributed by atoms with Crippen molar-refractivity contribution in [1.29, 1.82) is 5.26 Å². The molecule has 5 nitrogen and oxygen atoms in total. The Morgan fingerprint density at radius 3 is 2.65 bits per heavy atom. The van der Waals surface area contributed by atoms with Crippen LogP contribution in [0.1, 0.15) is 18.9 Å². The average molecular weight is 274 g/mol. The normalized spacial score (nSPS) is 11.2. The second kappa shape index (κ2) is 8.70. The Hall–Kier alpha value is -2.35. The summed E-state index contributed by atoms with van der Waals surface area (Å²) in [6, 6.07) is 11.3. The lowest BCUT2D eigenvalue weighted by atomic mass is 10.00. The molecule has 0 aliphatic carbocycles. The second-order valence-electron chi connectivity index (χ2n) is 4.22. The van der Waals surface area contributed by atoms with Gasteiger partial charge in [-0.2, -0.15) is 5.26 Å². The zero-order valence-corrected chi connectivity index (χ0v) is 11.5. The minimum absolute atomic E-state index is 0.114. The number of esters is 1. The van der Waals surface area contributed by atoms with Crippen LogP contribution in [-0.4, -0.2) is 25.0 Å². The fourth-order valence-corrected chi connectivity index (χ4v) is 1.69. The molecule has 0 heterocycles. The number of benzene rings is 1. The van der Waals surface area contributed by atoms with Gasteiger partial charge in [-0.1, -0.05) is 30.3 Å². The Labute approximate surface area is 118 Å². The zero-order chi connectivity index (χ0) is 14.8. The number of ether oxygens (including phenoxy) is 1. The SMILES string of the molecule is CCOC(=O)CCNC(=O)C(C#N)Cc1ccccc1. The summed E-state index contributed by atoms with van der Waals surface area (Å²) in [6.45, 7) is 2.23. The van der Waals surface area contributed by atoms with Gasteiger partial charge in [0.2, 0.25) is 5.91 Å². The number of hydrogen-bond donors (Lipinski definition) is 1. The van der Waals surface area contributed by atoms with Crippen molar-refractivity contribution >= 4 is 11.9 Å². The van der Waals surface area contributed by atoms with E-state index in [0.29, 0.717) is 13.0 Å². The van der Waals surface area contributed by atoms with Crippen LogP contribution in [-0.2, 0) is 20.7 Å². The third-order valence-corrected chi connectivity index (χ3v) is 2.69. The maximum atomic E-state index is 11.8. The van der Waals surface area contributed by atoms with Crippen molar-refractivity contribution in [2.45, 2.75) is 19.8 Å². The average Bonchev–Trinajstić information content (AvgIpc) is 2.46. The maximum absolute atomic E-state index is 11.8. The molecule has 0 saturated carbocycles. The second-order valence-corrected chi connectivity index (χ2v) is 4.22. The van der Waals surface area contributed by atoms with E-state index in [1.165, 1.54) is 0 Å². The molecule has 0 radical (unpaired) electrons. The summed E-state index contributed by atoms with van der Waals surface area (Å²) in [7, 11) is 0. The highest BCUT2D eigenvalue weighted by atomic mass is 16.5. The van der Waals surface area contributed by atoms with Crippen molar-refractivity contribution in [1.82, 2.24) is 5.32 Å². The highest BCUT2D eigenvalue weighted by molar-refractivity contribution is 5.81. The topological polar surface area (TPSA) is 79.2 Å². The van der Waals surface area contributed by atoms with E-state index in [0.717, 1.165) is 5.56 Å². The molecule has 0 fully saturated rings. The lowest BCUT2D eigenvalue weighted by Gasteiger charge is -2.10. The quantitative estimate of drug-likeness (QED) is 0.763. The molecule has 0 aliphatic heterocycles. The van der Waals surface area contributed by atoms with E-state index >= 15 is 0 Å². The molecule has 0 aromatic heterocycles. The van der Waals surface area contributed by atoms with Crippen LogP contribution in [0, 0.1) is 17.2 Å². The summed E-state index contributed by atoms with van der Waals surface area (Å²) in [4.78, 5) is 22.9. The van der Waals surface area contributed by atoms with E-state index in [1.54, 1.807) is 6.92 Å². The molecular formula is C15H18N2O3. The van der Waals surface area contributed by atoms with Gasteiger partial charge in [0, 0.05) is 6.54 Å². The Kier molecular flexibility index (Phi) is 6.83. The molecule has 0 spiro atoms. The predicted octanol–water partition coefficient (Wildman–Crippen LogP) is 1.44. The first-order valence-corrected chi connectivity index (χ1v) is 6.54. The van der Waals surface area contributed by atoms with Crippen LogP contribution in [0.5, 0.6) is 0 Å². The molecular weight excluding hydrogens is 256 g/mol. The molecule has 1 aromatic carbocycles. The van der Waals surface area contributed by atoms with Crippen LogP contribution in [0.4, 0.5) is 0 Å². The van der Waals surface area contributed by atoms with Crippen LogP contribution in [0.3, 0.4) is 0 Å². The van der Waals surface area contributed by atoms with Crippen molar-refractivity contribution in [3.8, 4) is 6.07 Å². The lowest BCUT2D eigenvalue weighted by molar-refractivity contribution is -0.143. The molecule has 0 bridgehead atoms. The Balaban J connectivity index is 2.40. The Morgan fingerprint density at radius 2 is 2.05 bits per heavy atom. The third-order valence-electron chi connectivity index (χ3n) is 2.69. The summed E-state index contributed by atoms with van der Waals surface area (Å²) in [5.74, 6) is -1.47. The van der Waals surface area contributed by atoms with Gasteiger partial charge >= 0.3 is 5.97 Å². The van der Waals surface area contributed by atoms with Crippen LogP contribution in [0.2, 0.25) is 0 Å². The van der Waals surface area contributed by atoms with Gasteiger partial charge in [-0.15, -0.1) is 0 Å². The molecule has 20 heavy (non-hydrogen) atoms. The summed E-state index contributed by atoms with van der Waals surface area (Å²) in [5, 5.41) is 11.6. The van der Waals surface area contributed by atoms with Crippen LogP contribution < -0.4 is 5.32 Å². The number of amides is 1. The Morgan fingerprint density at radius 1 is 1.35 bits per heavy atom. The molecule has 106 valence electrons. The van der Waals surface area contributed by atoms with Crippen LogP contribution in [0.15, 0.2) is 30.3 Å². The molecule has 0 saturated heterocycles. The van der Waals surface area contributed by atoms with Gasteiger partial charge < -0.3 is 10.1 Å². The molecule has 1 amide bonds. The first kappa shape index (κ1) is 15.7. The van der Waals surface area contributed by atoms with Gasteiger partial charge in [-0.25, -0.2) is 0 Å². The molecule has 1 unspecified atom stereocenters. The van der Waals surface area contributed by atoms with Gasteiger partial charge in [0.05, 0.1) is 19.1 Å². The number of nitriles is 1. The third kappa shape index (κ3) is 5.53. The number of carbonyl (C=O) groups is 2. The first-order valence-electron chi connectivity index (χ1n) is 6.54. The maximum Gasteiger partial charge on any atom is 0.307 e. The van der Waals surface area contributed by atoms with Gasteiger partial charge in [0.15, 0.2) is 0 Å². The van der Waals surface area contributed by atoms with Crippen molar-refractivity contribution < 1.29 is 14.3 Å². The summed E-state index contributed by atoms with van der Waals surface area (Å²) < 4.78 is 4.75. The Bertz CT molecular complexity index is 480.